The third-order valence-corrected chi connectivity index (χ3v) is 4.62. The zero-order valence-electron chi connectivity index (χ0n) is 12.1. The quantitative estimate of drug-likeness (QED) is 0.942. The smallest absolute Gasteiger partial charge is 0.265 e. The molecule has 0 aliphatic rings. The molecule has 0 aliphatic carbocycles. The van der Waals surface area contributed by atoms with E-state index in [-0.39, 0.29) is 4.90 Å². The summed E-state index contributed by atoms with van der Waals surface area (Å²) >= 11 is 0. The Bertz CT molecular complexity index is 733. The molecule has 2 aromatic rings. The number of benzene rings is 1. The number of rotatable bonds is 4. The fourth-order valence-electron chi connectivity index (χ4n) is 1.97. The van der Waals surface area contributed by atoms with Gasteiger partial charge >= 0.3 is 0 Å². The Balaban J connectivity index is 2.40. The van der Waals surface area contributed by atoms with E-state index < -0.39 is 10.0 Å². The number of hydrogen-bond donors (Lipinski definition) is 1. The fraction of sp³-hybridized carbons (Fsp3) is 0.357. The molecule has 0 aliphatic heterocycles. The highest BCUT2D eigenvalue weighted by molar-refractivity contribution is 7.92. The van der Waals surface area contributed by atoms with Crippen LogP contribution >= 0.6 is 0 Å². The van der Waals surface area contributed by atoms with E-state index in [1.165, 1.54) is 0 Å². The summed E-state index contributed by atoms with van der Waals surface area (Å²) in [7, 11) is -3.61. The fourth-order valence-corrected chi connectivity index (χ4v) is 3.28. The van der Waals surface area contributed by atoms with Crippen molar-refractivity contribution in [3.05, 3.63) is 41.2 Å². The largest absolute Gasteiger partial charge is 0.279 e. The predicted octanol–water partition coefficient (Wildman–Crippen LogP) is 2.63. The molecule has 20 heavy (non-hydrogen) atoms. The normalized spacial score (nSPS) is 11.6. The van der Waals surface area contributed by atoms with E-state index in [2.05, 4.69) is 9.82 Å². The van der Waals surface area contributed by atoms with Gasteiger partial charge in [0, 0.05) is 12.7 Å². The van der Waals surface area contributed by atoms with Gasteiger partial charge in [0.05, 0.1) is 11.4 Å². The summed E-state index contributed by atoms with van der Waals surface area (Å²) in [4.78, 5) is 0.222. The van der Waals surface area contributed by atoms with Gasteiger partial charge in [0.25, 0.3) is 10.0 Å². The molecule has 0 saturated carbocycles. The molecule has 0 atom stereocenters. The van der Waals surface area contributed by atoms with Gasteiger partial charge in [0.2, 0.25) is 0 Å². The van der Waals surface area contributed by atoms with Gasteiger partial charge in [-0.2, -0.15) is 5.10 Å². The van der Waals surface area contributed by atoms with Gasteiger partial charge < -0.3 is 0 Å². The van der Waals surface area contributed by atoms with Crippen molar-refractivity contribution < 1.29 is 8.42 Å². The first-order valence-electron chi connectivity index (χ1n) is 6.47. The summed E-state index contributed by atoms with van der Waals surface area (Å²) in [6, 6.07) is 5.68. The average molecular weight is 293 g/mol. The molecule has 0 saturated heterocycles. The highest BCUT2D eigenvalue weighted by atomic mass is 32.2. The van der Waals surface area contributed by atoms with Crippen LogP contribution in [0.1, 0.15) is 23.7 Å². The highest BCUT2D eigenvalue weighted by Gasteiger charge is 2.20. The lowest BCUT2D eigenvalue weighted by Gasteiger charge is -2.10. The van der Waals surface area contributed by atoms with Crippen molar-refractivity contribution in [3.63, 3.8) is 0 Å². The third-order valence-electron chi connectivity index (χ3n) is 3.15. The summed E-state index contributed by atoms with van der Waals surface area (Å²) in [5.41, 5.74) is 3.01. The molecule has 0 radical (unpaired) electrons. The van der Waals surface area contributed by atoms with E-state index in [9.17, 15) is 8.42 Å². The maximum absolute atomic E-state index is 12.5. The maximum Gasteiger partial charge on any atom is 0.265 e. The first-order valence-corrected chi connectivity index (χ1v) is 7.96. The van der Waals surface area contributed by atoms with Crippen molar-refractivity contribution in [2.45, 2.75) is 39.1 Å². The van der Waals surface area contributed by atoms with Crippen LogP contribution in [0.15, 0.2) is 29.3 Å². The average Bonchev–Trinajstić information content (AvgIpc) is 2.76. The van der Waals surface area contributed by atoms with Crippen LogP contribution in [-0.2, 0) is 16.6 Å². The van der Waals surface area contributed by atoms with Crippen molar-refractivity contribution in [2.75, 3.05) is 4.72 Å². The van der Waals surface area contributed by atoms with Gasteiger partial charge in [-0.3, -0.25) is 9.40 Å². The molecule has 0 amide bonds. The topological polar surface area (TPSA) is 64.0 Å². The van der Waals surface area contributed by atoms with Crippen LogP contribution in [0.4, 0.5) is 5.69 Å². The van der Waals surface area contributed by atoms with Gasteiger partial charge in [0.15, 0.2) is 0 Å². The van der Waals surface area contributed by atoms with Gasteiger partial charge in [0.1, 0.15) is 4.90 Å². The van der Waals surface area contributed by atoms with Crippen LogP contribution in [0, 0.1) is 20.8 Å². The summed E-state index contributed by atoms with van der Waals surface area (Å²) in [6.07, 6.45) is 1.56. The Morgan fingerprint density at radius 2 is 1.95 bits per heavy atom. The Hall–Kier alpha value is -1.82. The number of nitrogens with zero attached hydrogens (tertiary/aromatic N) is 2. The molecule has 0 bridgehead atoms. The SMILES string of the molecule is CCn1cc(S(=O)(=O)Nc2cc(C)ccc2C)c(C)n1. The second-order valence-electron chi connectivity index (χ2n) is 4.86. The van der Waals surface area contributed by atoms with E-state index >= 15 is 0 Å². The molecule has 1 aromatic carbocycles. The molecule has 108 valence electrons. The van der Waals surface area contributed by atoms with Crippen molar-refractivity contribution in [3.8, 4) is 0 Å². The Morgan fingerprint density at radius 1 is 1.25 bits per heavy atom. The van der Waals surface area contributed by atoms with Gasteiger partial charge in [-0.05, 0) is 44.9 Å². The lowest BCUT2D eigenvalue weighted by molar-refractivity contribution is 0.600. The van der Waals surface area contributed by atoms with E-state index in [1.54, 1.807) is 17.8 Å². The summed E-state index contributed by atoms with van der Waals surface area (Å²) < 4.78 is 29.2. The molecule has 2 rings (SSSR count). The van der Waals surface area contributed by atoms with Crippen LogP contribution in [0.2, 0.25) is 0 Å². The maximum atomic E-state index is 12.5. The minimum absolute atomic E-state index is 0.222. The number of anilines is 1. The van der Waals surface area contributed by atoms with Gasteiger partial charge in [-0.25, -0.2) is 8.42 Å². The van der Waals surface area contributed by atoms with Crippen LogP contribution in [0.25, 0.3) is 0 Å². The van der Waals surface area contributed by atoms with E-state index in [0.29, 0.717) is 17.9 Å². The minimum Gasteiger partial charge on any atom is -0.279 e. The molecule has 6 heteroatoms. The lowest BCUT2D eigenvalue weighted by atomic mass is 10.1. The highest BCUT2D eigenvalue weighted by Crippen LogP contribution is 2.22. The molecule has 0 fully saturated rings. The Morgan fingerprint density at radius 3 is 2.55 bits per heavy atom. The van der Waals surface area contributed by atoms with Crippen molar-refractivity contribution >= 4 is 15.7 Å². The Labute approximate surface area is 119 Å². The summed E-state index contributed by atoms with van der Waals surface area (Å²) in [6.45, 7) is 8.06. The van der Waals surface area contributed by atoms with Crippen molar-refractivity contribution in [1.29, 1.82) is 0 Å². The van der Waals surface area contributed by atoms with Crippen molar-refractivity contribution in [1.82, 2.24) is 9.78 Å². The zero-order valence-corrected chi connectivity index (χ0v) is 13.0. The van der Waals surface area contributed by atoms with E-state index in [0.717, 1.165) is 11.1 Å². The molecule has 5 nitrogen and oxygen atoms in total. The first-order chi connectivity index (χ1) is 9.33. The number of nitrogens with one attached hydrogen (secondary N) is 1. The monoisotopic (exact) mass is 293 g/mol. The number of aryl methyl sites for hydroxylation is 4. The number of aromatic nitrogens is 2. The van der Waals surface area contributed by atoms with Crippen molar-refractivity contribution in [2.24, 2.45) is 0 Å². The second-order valence-corrected chi connectivity index (χ2v) is 6.51. The van der Waals surface area contributed by atoms with E-state index in [4.69, 9.17) is 0 Å². The summed E-state index contributed by atoms with van der Waals surface area (Å²) in [5.74, 6) is 0. The third kappa shape index (κ3) is 2.85. The van der Waals surface area contributed by atoms with Crippen LogP contribution < -0.4 is 4.72 Å². The number of sulfonamides is 1. The standard InChI is InChI=1S/C14H19N3O2S/c1-5-17-9-14(12(4)15-17)20(18,19)16-13-8-10(2)6-7-11(13)3/h6-9,16H,5H2,1-4H3. The van der Waals surface area contributed by atoms with Gasteiger partial charge in [-0.15, -0.1) is 0 Å². The van der Waals surface area contributed by atoms with Crippen LogP contribution in [0.3, 0.4) is 0 Å². The summed E-state index contributed by atoms with van der Waals surface area (Å²) in [5, 5.41) is 4.17. The number of hydrogen-bond acceptors (Lipinski definition) is 3. The molecule has 1 N–H and O–H groups in total. The second kappa shape index (κ2) is 5.28. The molecular weight excluding hydrogens is 274 g/mol. The van der Waals surface area contributed by atoms with Crippen LogP contribution in [-0.4, -0.2) is 18.2 Å². The Kier molecular flexibility index (Phi) is 3.85. The molecule has 1 aromatic heterocycles. The molecular formula is C14H19N3O2S. The minimum atomic E-state index is -3.61. The first kappa shape index (κ1) is 14.6. The van der Waals surface area contributed by atoms with E-state index in [1.807, 2.05) is 39.0 Å². The molecule has 0 unspecified atom stereocenters. The molecule has 1 heterocycles. The van der Waals surface area contributed by atoms with Crippen LogP contribution in [0.5, 0.6) is 0 Å². The predicted molar refractivity (Wildman–Crippen MR) is 79.4 cm³/mol. The lowest BCUT2D eigenvalue weighted by Crippen LogP contribution is -2.14. The molecule has 0 spiro atoms. The zero-order chi connectivity index (χ0) is 14.9. The van der Waals surface area contributed by atoms with Gasteiger partial charge in [-0.1, -0.05) is 12.1 Å².